The van der Waals surface area contributed by atoms with Crippen LogP contribution in [0, 0.1) is 5.41 Å². The minimum atomic E-state index is -4.40. The molecule has 1 aromatic carbocycles. The first-order valence-electron chi connectivity index (χ1n) is 8.10. The number of ether oxygens (including phenoxy) is 2. The number of hydrogen-bond acceptors (Lipinski definition) is 8. The van der Waals surface area contributed by atoms with E-state index >= 15 is 0 Å². The highest BCUT2D eigenvalue weighted by molar-refractivity contribution is 7.87. The minimum Gasteiger partial charge on any atom is -0.468 e. The zero-order valence-corrected chi connectivity index (χ0v) is 16.8. The maximum absolute atomic E-state index is 12.6. The number of carbonyl (C=O) groups excluding carboxylic acids is 2. The number of esters is 2. The molecule has 0 bridgehead atoms. The van der Waals surface area contributed by atoms with E-state index in [0.29, 0.717) is 11.1 Å². The molecule has 0 saturated heterocycles. The Labute approximate surface area is 168 Å². The Balaban J connectivity index is 0.00000420. The highest BCUT2D eigenvalue weighted by Gasteiger charge is 2.48. The predicted octanol–water partition coefficient (Wildman–Crippen LogP) is 1.58. The van der Waals surface area contributed by atoms with Gasteiger partial charge in [0.15, 0.2) is 5.41 Å². The molecule has 0 aliphatic rings. The van der Waals surface area contributed by atoms with E-state index in [9.17, 15) is 18.0 Å². The molecule has 0 fully saturated rings. The van der Waals surface area contributed by atoms with E-state index in [4.69, 9.17) is 14.0 Å². The quantitative estimate of drug-likeness (QED) is 0.323. The Hall–Kier alpha value is -3.02. The number of nitrogens with zero attached hydrogens (tertiary/aromatic N) is 1. The van der Waals surface area contributed by atoms with E-state index in [1.54, 1.807) is 24.5 Å². The lowest BCUT2D eigenvalue weighted by Gasteiger charge is -2.28. The zero-order chi connectivity index (χ0) is 20.8. The molecular formula is C18H23N3O7S. The third-order valence-electron chi connectivity index (χ3n) is 4.11. The number of methoxy groups -OCH3 is 2. The molecule has 0 atom stereocenters. The lowest BCUT2D eigenvalue weighted by atomic mass is 9.76. The Bertz CT molecular complexity index is 916. The first-order chi connectivity index (χ1) is 13.2. The minimum absolute atomic E-state index is 0. The summed E-state index contributed by atoms with van der Waals surface area (Å²) in [6.07, 6.45) is 3.08. The number of anilines is 1. The van der Waals surface area contributed by atoms with E-state index in [1.807, 2.05) is 4.72 Å². The number of rotatable bonds is 8. The molecule has 11 heteroatoms. The fourth-order valence-corrected chi connectivity index (χ4v) is 3.30. The van der Waals surface area contributed by atoms with E-state index < -0.39 is 27.7 Å². The second-order valence-electron chi connectivity index (χ2n) is 6.05. The number of benzene rings is 1. The largest absolute Gasteiger partial charge is 0.468 e. The molecule has 0 radical (unpaired) electrons. The van der Waals surface area contributed by atoms with Crippen molar-refractivity contribution >= 4 is 27.9 Å². The summed E-state index contributed by atoms with van der Waals surface area (Å²) in [7, 11) is -2.03. The van der Waals surface area contributed by atoms with Gasteiger partial charge < -0.3 is 15.6 Å². The fourth-order valence-electron chi connectivity index (χ4n) is 2.86. The number of nitrogens with one attached hydrogen (secondary N) is 1. The number of aromatic nitrogens is 1. The summed E-state index contributed by atoms with van der Waals surface area (Å²) in [5, 5.41) is 0. The number of hydrogen-bond donors (Lipinski definition) is 3. The summed E-state index contributed by atoms with van der Waals surface area (Å²) < 4.78 is 42.3. The standard InChI is InChI=1S/C18H20N2O7S.H3N/c1-26-16(21)18(17(22)27-2,12-14-7-9-19-10-8-14)11-13-3-5-15(6-4-13)20-28(23,24)25;/h3-10,20H,11-12H2,1-2H3,(H,23,24,25);1H3. The first-order valence-corrected chi connectivity index (χ1v) is 9.54. The van der Waals surface area contributed by atoms with Crippen LogP contribution in [0.1, 0.15) is 11.1 Å². The zero-order valence-electron chi connectivity index (χ0n) is 16.0. The molecule has 10 nitrogen and oxygen atoms in total. The van der Waals surface area contributed by atoms with Crippen LogP contribution in [0.3, 0.4) is 0 Å². The van der Waals surface area contributed by atoms with Crippen molar-refractivity contribution < 1.29 is 32.0 Å². The van der Waals surface area contributed by atoms with Crippen LogP contribution in [0.4, 0.5) is 5.69 Å². The van der Waals surface area contributed by atoms with Crippen molar-refractivity contribution in [1.82, 2.24) is 11.1 Å². The highest BCUT2D eigenvalue weighted by atomic mass is 32.2. The van der Waals surface area contributed by atoms with Crippen LogP contribution in [-0.2, 0) is 42.2 Å². The van der Waals surface area contributed by atoms with E-state index in [2.05, 4.69) is 4.98 Å². The second kappa shape index (κ2) is 9.96. The van der Waals surface area contributed by atoms with Crippen LogP contribution >= 0.6 is 0 Å². The smallest absolute Gasteiger partial charge is 0.357 e. The average Bonchev–Trinajstić information content (AvgIpc) is 2.67. The van der Waals surface area contributed by atoms with Gasteiger partial charge in [-0.1, -0.05) is 12.1 Å². The van der Waals surface area contributed by atoms with Crippen LogP contribution < -0.4 is 10.9 Å². The average molecular weight is 425 g/mol. The molecule has 0 unspecified atom stereocenters. The molecule has 2 aromatic rings. The molecule has 158 valence electrons. The van der Waals surface area contributed by atoms with Crippen LogP contribution in [-0.4, -0.2) is 44.1 Å². The van der Waals surface area contributed by atoms with Crippen LogP contribution in [0.15, 0.2) is 48.8 Å². The van der Waals surface area contributed by atoms with Crippen molar-refractivity contribution in [2.45, 2.75) is 12.8 Å². The maximum atomic E-state index is 12.6. The van der Waals surface area contributed by atoms with Gasteiger partial charge in [0.1, 0.15) is 0 Å². The predicted molar refractivity (Wildman–Crippen MR) is 105 cm³/mol. The molecule has 0 saturated carbocycles. The monoisotopic (exact) mass is 425 g/mol. The molecule has 1 aromatic heterocycles. The van der Waals surface area contributed by atoms with Gasteiger partial charge in [-0.2, -0.15) is 8.42 Å². The summed E-state index contributed by atoms with van der Waals surface area (Å²) >= 11 is 0. The number of carbonyl (C=O) groups is 2. The van der Waals surface area contributed by atoms with Crippen molar-refractivity contribution in [1.29, 1.82) is 0 Å². The van der Waals surface area contributed by atoms with Gasteiger partial charge in [-0.15, -0.1) is 0 Å². The van der Waals surface area contributed by atoms with Crippen molar-refractivity contribution in [3.8, 4) is 0 Å². The van der Waals surface area contributed by atoms with Gasteiger partial charge in [-0.25, -0.2) is 0 Å². The third-order valence-corrected chi connectivity index (χ3v) is 4.61. The summed E-state index contributed by atoms with van der Waals surface area (Å²) in [6, 6.07) is 9.21. The highest BCUT2D eigenvalue weighted by Crippen LogP contribution is 2.32. The van der Waals surface area contributed by atoms with Crippen LogP contribution in [0.2, 0.25) is 0 Å². The lowest BCUT2D eigenvalue weighted by molar-refractivity contribution is -0.169. The SMILES string of the molecule is COC(=O)C(Cc1ccncc1)(Cc1ccc(NS(=O)(=O)O)cc1)C(=O)OC.N. The Kier molecular flexibility index (Phi) is 8.25. The molecule has 0 aliphatic heterocycles. The van der Waals surface area contributed by atoms with Gasteiger partial charge in [-0.05, 0) is 48.2 Å². The Morgan fingerprint density at radius 3 is 1.83 bits per heavy atom. The summed E-state index contributed by atoms with van der Waals surface area (Å²) in [4.78, 5) is 29.2. The normalized spacial score (nSPS) is 11.1. The van der Waals surface area contributed by atoms with Crippen LogP contribution in [0.5, 0.6) is 0 Å². The van der Waals surface area contributed by atoms with Gasteiger partial charge in [0.2, 0.25) is 0 Å². The molecule has 0 amide bonds. The summed E-state index contributed by atoms with van der Waals surface area (Å²) in [6.45, 7) is 0. The molecule has 2 rings (SSSR count). The van der Waals surface area contributed by atoms with Crippen LogP contribution in [0.25, 0.3) is 0 Å². The van der Waals surface area contributed by atoms with E-state index in [0.717, 1.165) is 0 Å². The Morgan fingerprint density at radius 1 is 0.966 bits per heavy atom. The first kappa shape index (κ1) is 24.0. The number of pyridine rings is 1. The topological polar surface area (TPSA) is 167 Å². The van der Waals surface area contributed by atoms with Crippen molar-refractivity contribution in [3.05, 3.63) is 59.9 Å². The maximum Gasteiger partial charge on any atom is 0.357 e. The molecular weight excluding hydrogens is 402 g/mol. The molecule has 29 heavy (non-hydrogen) atoms. The summed E-state index contributed by atoms with van der Waals surface area (Å²) in [5.74, 6) is -1.51. The van der Waals surface area contributed by atoms with Crippen molar-refractivity contribution in [3.63, 3.8) is 0 Å². The third kappa shape index (κ3) is 6.24. The fraction of sp³-hybridized carbons (Fsp3) is 0.278. The molecule has 1 heterocycles. The van der Waals surface area contributed by atoms with E-state index in [1.165, 1.54) is 38.5 Å². The van der Waals surface area contributed by atoms with Crippen molar-refractivity contribution in [2.75, 3.05) is 18.9 Å². The van der Waals surface area contributed by atoms with Gasteiger partial charge in [0.05, 0.1) is 19.9 Å². The van der Waals surface area contributed by atoms with Crippen molar-refractivity contribution in [2.24, 2.45) is 5.41 Å². The Morgan fingerprint density at radius 2 is 1.41 bits per heavy atom. The van der Waals surface area contributed by atoms with Gasteiger partial charge >= 0.3 is 22.2 Å². The molecule has 0 spiro atoms. The summed E-state index contributed by atoms with van der Waals surface area (Å²) in [5.41, 5.74) is -0.258. The van der Waals surface area contributed by atoms with Gasteiger partial charge in [0, 0.05) is 12.4 Å². The second-order valence-corrected chi connectivity index (χ2v) is 7.20. The van der Waals surface area contributed by atoms with Gasteiger partial charge in [-0.3, -0.25) is 23.8 Å². The van der Waals surface area contributed by atoms with E-state index in [-0.39, 0.29) is 24.7 Å². The van der Waals surface area contributed by atoms with Gasteiger partial charge in [0.25, 0.3) is 0 Å². The molecule has 5 N–H and O–H groups in total. The molecule has 0 aliphatic carbocycles. The lowest BCUT2D eigenvalue weighted by Crippen LogP contribution is -2.45.